The van der Waals surface area contributed by atoms with Crippen molar-refractivity contribution in [3.8, 4) is 0 Å². The summed E-state index contributed by atoms with van der Waals surface area (Å²) in [6.07, 6.45) is 5.87. The van der Waals surface area contributed by atoms with E-state index in [-0.39, 0.29) is 23.8 Å². The Morgan fingerprint density at radius 2 is 1.92 bits per heavy atom. The van der Waals surface area contributed by atoms with Gasteiger partial charge in [0.05, 0.1) is 12.6 Å². The molecule has 1 amide bonds. The molecule has 26 heavy (non-hydrogen) atoms. The Morgan fingerprint density at radius 1 is 1.23 bits per heavy atom. The van der Waals surface area contributed by atoms with Gasteiger partial charge in [0.1, 0.15) is 12.1 Å². The number of carboxylic acids is 1. The average molecular weight is 368 g/mol. The molecular weight excluding hydrogens is 336 g/mol. The molecule has 0 aromatic carbocycles. The number of carboxylic acid groups (broad SMARTS) is 1. The molecule has 1 aliphatic heterocycles. The van der Waals surface area contributed by atoms with Gasteiger partial charge < -0.3 is 14.7 Å². The highest BCUT2D eigenvalue weighted by molar-refractivity contribution is 5.88. The van der Waals surface area contributed by atoms with Crippen LogP contribution in [0.25, 0.3) is 0 Å². The summed E-state index contributed by atoms with van der Waals surface area (Å²) >= 11 is 0. The Kier molecular flexibility index (Phi) is 7.43. The van der Waals surface area contributed by atoms with Gasteiger partial charge in [-0.25, -0.2) is 4.79 Å². The zero-order valence-electron chi connectivity index (χ0n) is 16.1. The third-order valence-corrected chi connectivity index (χ3v) is 5.60. The molecule has 1 heterocycles. The first-order chi connectivity index (χ1) is 12.4. The second-order valence-electron chi connectivity index (χ2n) is 7.43. The normalized spacial score (nSPS) is 27.5. The Labute approximate surface area is 155 Å². The van der Waals surface area contributed by atoms with E-state index in [9.17, 15) is 19.5 Å². The van der Waals surface area contributed by atoms with Crippen LogP contribution in [0.3, 0.4) is 0 Å². The van der Waals surface area contributed by atoms with Crippen molar-refractivity contribution in [2.24, 2.45) is 5.92 Å². The zero-order chi connectivity index (χ0) is 19.3. The van der Waals surface area contributed by atoms with Gasteiger partial charge >= 0.3 is 11.9 Å². The van der Waals surface area contributed by atoms with Crippen LogP contribution in [0.2, 0.25) is 0 Å². The fraction of sp³-hybridized carbons (Fsp3) is 0.842. The maximum absolute atomic E-state index is 13.1. The predicted molar refractivity (Wildman–Crippen MR) is 96.6 cm³/mol. The SMILES string of the molecule is CCC[C@@H](N[C@@H](C)C(=O)N1[C@@H]2CCCC[C@@H]2C[C@H]1C(=O)O)C(=O)OCC. The molecule has 0 bridgehead atoms. The van der Waals surface area contributed by atoms with Crippen LogP contribution in [-0.4, -0.2) is 58.6 Å². The number of ether oxygens (including phenoxy) is 1. The van der Waals surface area contributed by atoms with Crippen LogP contribution in [0, 0.1) is 5.92 Å². The third-order valence-electron chi connectivity index (χ3n) is 5.60. The maximum atomic E-state index is 13.1. The summed E-state index contributed by atoms with van der Waals surface area (Å²) < 4.78 is 5.09. The molecule has 1 saturated heterocycles. The van der Waals surface area contributed by atoms with Crippen molar-refractivity contribution >= 4 is 17.8 Å². The Morgan fingerprint density at radius 3 is 2.54 bits per heavy atom. The van der Waals surface area contributed by atoms with Crippen molar-refractivity contribution in [1.82, 2.24) is 10.2 Å². The number of carbonyl (C=O) groups excluding carboxylic acids is 2. The molecule has 5 atom stereocenters. The lowest BCUT2D eigenvalue weighted by Crippen LogP contribution is -2.55. The van der Waals surface area contributed by atoms with E-state index >= 15 is 0 Å². The molecule has 0 radical (unpaired) electrons. The molecule has 2 rings (SSSR count). The van der Waals surface area contributed by atoms with E-state index in [1.165, 1.54) is 0 Å². The highest BCUT2D eigenvalue weighted by atomic mass is 16.5. The highest BCUT2D eigenvalue weighted by Crippen LogP contribution is 2.40. The second kappa shape index (κ2) is 9.35. The van der Waals surface area contributed by atoms with Crippen LogP contribution in [0.4, 0.5) is 0 Å². The number of hydrogen-bond donors (Lipinski definition) is 2. The lowest BCUT2D eigenvalue weighted by atomic mass is 9.84. The summed E-state index contributed by atoms with van der Waals surface area (Å²) in [6.45, 7) is 5.72. The molecule has 2 N–H and O–H groups in total. The standard InChI is InChI=1S/C19H32N2O5/c1-4-8-14(19(25)26-5-2)20-12(3)17(22)21-15-10-7-6-9-13(15)11-16(21)18(23)24/h12-16,20H,4-11H2,1-3H3,(H,23,24)/t12-,13+,14+,15+,16-/m0/s1. The topological polar surface area (TPSA) is 95.9 Å². The van der Waals surface area contributed by atoms with Crippen molar-refractivity contribution in [2.45, 2.75) is 89.9 Å². The van der Waals surface area contributed by atoms with Crippen LogP contribution in [0.5, 0.6) is 0 Å². The first-order valence-electron chi connectivity index (χ1n) is 9.88. The van der Waals surface area contributed by atoms with Gasteiger partial charge in [0, 0.05) is 6.04 Å². The fourth-order valence-corrected chi connectivity index (χ4v) is 4.39. The molecule has 0 spiro atoms. The number of nitrogens with zero attached hydrogens (tertiary/aromatic N) is 1. The Balaban J connectivity index is 2.10. The number of nitrogens with one attached hydrogen (secondary N) is 1. The number of fused-ring (bicyclic) bond motifs is 1. The first kappa shape index (κ1) is 20.7. The van der Waals surface area contributed by atoms with E-state index in [0.29, 0.717) is 19.4 Å². The lowest BCUT2D eigenvalue weighted by molar-refractivity contribution is -0.152. The third kappa shape index (κ3) is 4.55. The van der Waals surface area contributed by atoms with Crippen molar-refractivity contribution in [2.75, 3.05) is 6.61 Å². The molecule has 2 aliphatic rings. The summed E-state index contributed by atoms with van der Waals surface area (Å²) in [4.78, 5) is 38.5. The number of hydrogen-bond acceptors (Lipinski definition) is 5. The Bertz CT molecular complexity index is 524. The van der Waals surface area contributed by atoms with Crippen LogP contribution in [0.15, 0.2) is 0 Å². The van der Waals surface area contributed by atoms with Gasteiger partial charge in [-0.1, -0.05) is 26.2 Å². The number of carbonyl (C=O) groups is 3. The van der Waals surface area contributed by atoms with Crippen molar-refractivity contribution in [3.05, 3.63) is 0 Å². The predicted octanol–water partition coefficient (Wildman–Crippen LogP) is 1.94. The number of aliphatic carboxylic acids is 1. The molecule has 148 valence electrons. The van der Waals surface area contributed by atoms with Gasteiger partial charge in [-0.3, -0.25) is 14.9 Å². The summed E-state index contributed by atoms with van der Waals surface area (Å²) in [7, 11) is 0. The number of amides is 1. The zero-order valence-corrected chi connectivity index (χ0v) is 16.1. The molecule has 1 saturated carbocycles. The van der Waals surface area contributed by atoms with Crippen LogP contribution < -0.4 is 5.32 Å². The molecule has 2 fully saturated rings. The molecule has 0 unspecified atom stereocenters. The van der Waals surface area contributed by atoms with Crippen molar-refractivity contribution in [3.63, 3.8) is 0 Å². The molecule has 1 aliphatic carbocycles. The lowest BCUT2D eigenvalue weighted by Gasteiger charge is -2.35. The van der Waals surface area contributed by atoms with E-state index in [2.05, 4.69) is 5.32 Å². The van der Waals surface area contributed by atoms with Crippen molar-refractivity contribution in [1.29, 1.82) is 0 Å². The summed E-state index contributed by atoms with van der Waals surface area (Å²) in [5.41, 5.74) is 0. The van der Waals surface area contributed by atoms with E-state index < -0.39 is 24.1 Å². The van der Waals surface area contributed by atoms with E-state index in [4.69, 9.17) is 4.74 Å². The first-order valence-corrected chi connectivity index (χ1v) is 9.88. The molecule has 7 nitrogen and oxygen atoms in total. The average Bonchev–Trinajstić information content (AvgIpc) is 3.00. The van der Waals surface area contributed by atoms with E-state index in [1.54, 1.807) is 18.7 Å². The minimum Gasteiger partial charge on any atom is -0.480 e. The summed E-state index contributed by atoms with van der Waals surface area (Å²) in [6, 6.07) is -1.92. The molecule has 0 aromatic rings. The second-order valence-corrected chi connectivity index (χ2v) is 7.43. The van der Waals surface area contributed by atoms with Crippen LogP contribution in [0.1, 0.15) is 65.7 Å². The minimum absolute atomic E-state index is 0.00817. The smallest absolute Gasteiger partial charge is 0.326 e. The monoisotopic (exact) mass is 368 g/mol. The summed E-state index contributed by atoms with van der Waals surface area (Å²) in [5.74, 6) is -1.24. The largest absolute Gasteiger partial charge is 0.480 e. The Hall–Kier alpha value is -1.63. The number of likely N-dealkylation sites (tertiary alicyclic amines) is 1. The highest BCUT2D eigenvalue weighted by Gasteiger charge is 2.48. The minimum atomic E-state index is -0.935. The molecule has 0 aromatic heterocycles. The van der Waals surface area contributed by atoms with E-state index in [0.717, 1.165) is 32.1 Å². The van der Waals surface area contributed by atoms with Gasteiger partial charge in [-0.05, 0) is 45.4 Å². The fourth-order valence-electron chi connectivity index (χ4n) is 4.39. The number of rotatable bonds is 8. The summed E-state index contributed by atoms with van der Waals surface area (Å²) in [5, 5.41) is 12.7. The van der Waals surface area contributed by atoms with Crippen LogP contribution in [-0.2, 0) is 19.1 Å². The van der Waals surface area contributed by atoms with Crippen LogP contribution >= 0.6 is 0 Å². The van der Waals surface area contributed by atoms with Gasteiger partial charge in [0.25, 0.3) is 0 Å². The van der Waals surface area contributed by atoms with Crippen molar-refractivity contribution < 1.29 is 24.2 Å². The number of esters is 1. The molecule has 7 heteroatoms. The van der Waals surface area contributed by atoms with Gasteiger partial charge in [-0.15, -0.1) is 0 Å². The maximum Gasteiger partial charge on any atom is 0.326 e. The van der Waals surface area contributed by atoms with E-state index in [1.807, 2.05) is 6.92 Å². The quantitative estimate of drug-likeness (QED) is 0.636. The van der Waals surface area contributed by atoms with Gasteiger partial charge in [-0.2, -0.15) is 0 Å². The molecular formula is C19H32N2O5. The van der Waals surface area contributed by atoms with Gasteiger partial charge in [0.2, 0.25) is 5.91 Å². The van der Waals surface area contributed by atoms with Gasteiger partial charge in [0.15, 0.2) is 0 Å².